The molecule has 0 bridgehead atoms. The average Bonchev–Trinajstić information content (AvgIpc) is 0.722. The van der Waals surface area contributed by atoms with Crippen LogP contribution in [0.2, 0.25) is 0 Å². The van der Waals surface area contributed by atoms with E-state index in [0.29, 0.717) is 0 Å². The zero-order valence-corrected chi connectivity index (χ0v) is 10.5. The molecule has 0 unspecified atom stereocenters. The van der Waals surface area contributed by atoms with Crippen LogP contribution in [0.25, 0.3) is 0 Å². The van der Waals surface area contributed by atoms with Crippen LogP contribution in [0.5, 0.6) is 0 Å². The molecule has 0 N–H and O–H groups in total. The maximum Gasteiger partial charge on any atom is 2.00 e. The van der Waals surface area contributed by atoms with E-state index in [1.807, 2.05) is 0 Å². The van der Waals surface area contributed by atoms with Gasteiger partial charge in [-0.2, -0.15) is 13.5 Å². The Morgan fingerprint density at radius 2 is 0.750 bits per heavy atom. The molecule has 0 radical (unpaired) electrons. The molecule has 8 heavy (non-hydrogen) atoms. The summed E-state index contributed by atoms with van der Waals surface area (Å²) in [6.45, 7) is 0. The Labute approximate surface area is 115 Å². The Morgan fingerprint density at radius 3 is 0.750 bits per heavy atom. The summed E-state index contributed by atoms with van der Waals surface area (Å²) < 4.78 is 0. The van der Waals surface area contributed by atoms with Gasteiger partial charge in [-0.3, -0.25) is 0 Å². The fourth-order valence-corrected chi connectivity index (χ4v) is 0. The van der Waals surface area contributed by atoms with Gasteiger partial charge in [0.2, 0.25) is 0 Å². The summed E-state index contributed by atoms with van der Waals surface area (Å²) in [6.07, 6.45) is 0. The third-order valence-corrected chi connectivity index (χ3v) is 0. The zero-order valence-electron chi connectivity index (χ0n) is 4.05. The van der Waals surface area contributed by atoms with Crippen molar-refractivity contribution in [3.8, 4) is 0 Å². The van der Waals surface area contributed by atoms with Crippen molar-refractivity contribution in [3.05, 3.63) is 0 Å². The predicted molar refractivity (Wildman–Crippen MR) is 27.6 cm³/mol. The topological polar surface area (TPSA) is 92.2 Å². The maximum absolute atomic E-state index is 8.58. The standard InChI is InChI=1S/2Ca.O4Si.H2S/c;;1-5(2,3)4;/h;;;1H2/q2*+2;-4;. The van der Waals surface area contributed by atoms with Gasteiger partial charge in [0, 0.05) is 0 Å². The Hall–Kier alpha value is 2.93. The SMILES string of the molecule is S.[Ca+2].[Ca+2].[O-][Si]([O-])([O-])[O-]. The van der Waals surface area contributed by atoms with Crippen molar-refractivity contribution in [3.63, 3.8) is 0 Å². The van der Waals surface area contributed by atoms with Crippen molar-refractivity contribution in [2.75, 3.05) is 0 Å². The van der Waals surface area contributed by atoms with Crippen LogP contribution in [0.1, 0.15) is 0 Å². The summed E-state index contributed by atoms with van der Waals surface area (Å²) >= 11 is 0. The minimum Gasteiger partial charge on any atom is -0.894 e. The smallest absolute Gasteiger partial charge is 0.894 e. The van der Waals surface area contributed by atoms with Gasteiger partial charge in [0.25, 0.3) is 0 Å². The normalized spacial score (nSPS) is 7.50. The third kappa shape index (κ3) is 65.5. The fraction of sp³-hybridized carbons (Fsp3) is 0. The molecule has 0 aliphatic rings. The van der Waals surface area contributed by atoms with E-state index in [4.69, 9.17) is 19.2 Å². The maximum atomic E-state index is 8.58. The van der Waals surface area contributed by atoms with E-state index in [9.17, 15) is 0 Å². The summed E-state index contributed by atoms with van der Waals surface area (Å²) in [5, 5.41) is 0. The van der Waals surface area contributed by atoms with E-state index < -0.39 is 9.05 Å². The first-order chi connectivity index (χ1) is 2.00. The second kappa shape index (κ2) is 9.93. The minimum atomic E-state index is -5.61. The molecule has 0 aromatic heterocycles. The van der Waals surface area contributed by atoms with Crippen LogP contribution in [0.3, 0.4) is 0 Å². The number of rotatable bonds is 0. The van der Waals surface area contributed by atoms with Gasteiger partial charge in [-0.15, -0.1) is 0 Å². The van der Waals surface area contributed by atoms with Gasteiger partial charge in [-0.05, 0) is 0 Å². The van der Waals surface area contributed by atoms with Crippen LogP contribution >= 0.6 is 13.5 Å². The van der Waals surface area contributed by atoms with Crippen molar-refractivity contribution in [1.82, 2.24) is 0 Å². The van der Waals surface area contributed by atoms with Gasteiger partial charge in [0.15, 0.2) is 0 Å². The summed E-state index contributed by atoms with van der Waals surface area (Å²) in [5.41, 5.74) is 0. The van der Waals surface area contributed by atoms with Crippen molar-refractivity contribution in [1.29, 1.82) is 0 Å². The summed E-state index contributed by atoms with van der Waals surface area (Å²) in [6, 6.07) is 0. The molecule has 0 rings (SSSR count). The Balaban J connectivity index is -0.0000000267. The molecule has 0 saturated heterocycles. The molecule has 0 saturated carbocycles. The van der Waals surface area contributed by atoms with E-state index in [2.05, 4.69) is 0 Å². The molecule has 8 heteroatoms. The van der Waals surface area contributed by atoms with Gasteiger partial charge >= 0.3 is 75.5 Å². The molecule has 0 aliphatic carbocycles. The van der Waals surface area contributed by atoms with Crippen LogP contribution in [0.15, 0.2) is 0 Å². The molecule has 40 valence electrons. The molecule has 0 amide bonds. The van der Waals surface area contributed by atoms with Crippen LogP contribution in [0.4, 0.5) is 0 Å². The molecule has 0 aromatic carbocycles. The van der Waals surface area contributed by atoms with Crippen LogP contribution in [0, 0.1) is 0 Å². The Morgan fingerprint density at radius 1 is 0.750 bits per heavy atom. The van der Waals surface area contributed by atoms with E-state index in [1.54, 1.807) is 0 Å². The first-order valence-electron chi connectivity index (χ1n) is 0.816. The minimum absolute atomic E-state index is 0. The molecule has 4 nitrogen and oxygen atoms in total. The molecule has 0 aliphatic heterocycles. The Bertz CT molecular complexity index is 29.5. The summed E-state index contributed by atoms with van der Waals surface area (Å²) in [7, 11) is -5.61. The van der Waals surface area contributed by atoms with E-state index >= 15 is 0 Å². The summed E-state index contributed by atoms with van der Waals surface area (Å²) in [4.78, 5) is 34.3. The average molecular weight is 206 g/mol. The van der Waals surface area contributed by atoms with Gasteiger partial charge in [0.05, 0.1) is 0 Å². The zero-order chi connectivity index (χ0) is 4.50. The second-order valence-corrected chi connectivity index (χ2v) is 1.50. The molecule has 0 spiro atoms. The monoisotopic (exact) mass is 206 g/mol. The van der Waals surface area contributed by atoms with Crippen molar-refractivity contribution in [2.45, 2.75) is 0 Å². The largest absolute Gasteiger partial charge is 2.00 e. The fourth-order valence-electron chi connectivity index (χ4n) is 0. The van der Waals surface area contributed by atoms with E-state index in [-0.39, 0.29) is 89.0 Å². The summed E-state index contributed by atoms with van der Waals surface area (Å²) in [5.74, 6) is 0. The molecular weight excluding hydrogens is 204 g/mol. The third-order valence-electron chi connectivity index (χ3n) is 0. The van der Waals surface area contributed by atoms with E-state index in [1.165, 1.54) is 0 Å². The first kappa shape index (κ1) is 22.4. The molecule has 0 fully saturated rings. The van der Waals surface area contributed by atoms with Crippen molar-refractivity contribution in [2.24, 2.45) is 0 Å². The van der Waals surface area contributed by atoms with Crippen molar-refractivity contribution >= 4 is 98.0 Å². The molecule has 0 aromatic rings. The predicted octanol–water partition coefficient (Wildman–Crippen LogP) is -5.79. The second-order valence-electron chi connectivity index (χ2n) is 0.500. The van der Waals surface area contributed by atoms with Crippen LogP contribution in [-0.4, -0.2) is 84.5 Å². The van der Waals surface area contributed by atoms with Crippen LogP contribution < -0.4 is 19.2 Å². The van der Waals surface area contributed by atoms with Gasteiger partial charge in [0.1, 0.15) is 0 Å². The molecular formula is H2Ca2O4SSi. The molecule has 0 atom stereocenters. The van der Waals surface area contributed by atoms with Gasteiger partial charge in [-0.25, -0.2) is 0 Å². The number of hydrogen-bond donors (Lipinski definition) is 0. The first-order valence-corrected chi connectivity index (χ1v) is 2.45. The van der Waals surface area contributed by atoms with Gasteiger partial charge < -0.3 is 28.2 Å². The quantitative estimate of drug-likeness (QED) is 0.369. The van der Waals surface area contributed by atoms with Crippen LogP contribution in [-0.2, 0) is 0 Å². The van der Waals surface area contributed by atoms with Crippen molar-refractivity contribution < 1.29 is 19.2 Å². The molecule has 0 heterocycles. The number of hydrogen-bond acceptors (Lipinski definition) is 4. The van der Waals surface area contributed by atoms with Gasteiger partial charge in [-0.1, -0.05) is 0 Å². The van der Waals surface area contributed by atoms with E-state index in [0.717, 1.165) is 0 Å². The Kier molecular flexibility index (Phi) is 27.8.